The van der Waals surface area contributed by atoms with Gasteiger partial charge in [-0.15, -0.1) is 0 Å². The van der Waals surface area contributed by atoms with Crippen molar-refractivity contribution in [3.05, 3.63) is 75.4 Å². The fourth-order valence-electron chi connectivity index (χ4n) is 3.97. The van der Waals surface area contributed by atoms with Gasteiger partial charge >= 0.3 is 17.9 Å². The van der Waals surface area contributed by atoms with Crippen molar-refractivity contribution in [3.8, 4) is 0 Å². The fraction of sp³-hybridized carbons (Fsp3) is 0.280. The molecule has 36 heavy (non-hydrogen) atoms. The van der Waals surface area contributed by atoms with Gasteiger partial charge in [-0.1, -0.05) is 47.5 Å². The number of ether oxygens (including phenoxy) is 3. The lowest BCUT2D eigenvalue weighted by Gasteiger charge is -2.33. The highest BCUT2D eigenvalue weighted by Crippen LogP contribution is 2.46. The highest BCUT2D eigenvalue weighted by Gasteiger charge is 2.46. The largest absolute Gasteiger partial charge is 0.469 e. The zero-order valence-electron chi connectivity index (χ0n) is 19.7. The second kappa shape index (κ2) is 12.3. The summed E-state index contributed by atoms with van der Waals surface area (Å²) in [5, 5.41) is 0.344. The third-order valence-electron chi connectivity index (χ3n) is 5.59. The second-order valence-electron chi connectivity index (χ2n) is 7.62. The van der Waals surface area contributed by atoms with Gasteiger partial charge in [-0.3, -0.25) is 18.8 Å². The number of hydrogen-bond acceptors (Lipinski definition) is 8. The minimum atomic E-state index is -1.63. The Morgan fingerprint density at radius 2 is 1.56 bits per heavy atom. The van der Waals surface area contributed by atoms with Crippen LogP contribution in [-0.4, -0.2) is 54.9 Å². The molecule has 1 heterocycles. The molecule has 1 aliphatic heterocycles. The molecule has 0 radical (unpaired) electrons. The van der Waals surface area contributed by atoms with Crippen LogP contribution in [-0.2, 0) is 39.4 Å². The molecule has 3 rings (SSSR count). The molecule has 0 aromatic heterocycles. The van der Waals surface area contributed by atoms with E-state index in [9.17, 15) is 18.6 Å². The number of halogens is 2. The van der Waals surface area contributed by atoms with Crippen molar-refractivity contribution in [2.75, 3.05) is 27.1 Å². The van der Waals surface area contributed by atoms with Crippen LogP contribution in [0.1, 0.15) is 17.9 Å². The summed E-state index contributed by atoms with van der Waals surface area (Å²) in [5.74, 6) is -4.85. The van der Waals surface area contributed by atoms with E-state index in [1.807, 2.05) is 0 Å². The molecule has 0 spiro atoms. The molecular weight excluding hydrogens is 529 g/mol. The van der Waals surface area contributed by atoms with Crippen LogP contribution >= 0.6 is 23.2 Å². The van der Waals surface area contributed by atoms with Gasteiger partial charge < -0.3 is 14.2 Å². The van der Waals surface area contributed by atoms with E-state index in [0.717, 1.165) is 0 Å². The van der Waals surface area contributed by atoms with Crippen LogP contribution in [0, 0.1) is 5.92 Å². The molecule has 0 saturated carbocycles. The Hall–Kier alpha value is -3.01. The van der Waals surface area contributed by atoms with E-state index in [4.69, 9.17) is 37.4 Å². The summed E-state index contributed by atoms with van der Waals surface area (Å²) < 4.78 is 28.1. The van der Waals surface area contributed by atoms with Gasteiger partial charge in [0.2, 0.25) is 0 Å². The molecule has 3 atom stereocenters. The van der Waals surface area contributed by atoms with Crippen LogP contribution in [0.4, 0.5) is 0 Å². The van der Waals surface area contributed by atoms with Gasteiger partial charge in [0.15, 0.2) is 0 Å². The Morgan fingerprint density at radius 1 is 0.917 bits per heavy atom. The molecule has 2 aromatic rings. The summed E-state index contributed by atoms with van der Waals surface area (Å²) >= 11 is 13.0. The lowest BCUT2D eigenvalue weighted by Crippen LogP contribution is -2.39. The lowest BCUT2D eigenvalue weighted by atomic mass is 9.74. The molecule has 11 heteroatoms. The first kappa shape index (κ1) is 27.6. The summed E-state index contributed by atoms with van der Waals surface area (Å²) in [7, 11) is 1.92. The van der Waals surface area contributed by atoms with Crippen LogP contribution in [0.2, 0.25) is 10.0 Å². The second-order valence-corrected chi connectivity index (χ2v) is 9.89. The third-order valence-corrected chi connectivity index (χ3v) is 7.58. The van der Waals surface area contributed by atoms with Crippen molar-refractivity contribution in [2.45, 2.75) is 17.2 Å². The number of aliphatic imine (C=N–C) groups is 1. The molecule has 2 aromatic carbocycles. The molecule has 0 saturated heterocycles. The molecule has 0 fully saturated rings. The van der Waals surface area contributed by atoms with E-state index < -0.39 is 40.5 Å². The average molecular weight is 552 g/mol. The van der Waals surface area contributed by atoms with E-state index >= 15 is 0 Å². The Balaban J connectivity index is 2.32. The number of esters is 3. The number of methoxy groups -OCH3 is 3. The first-order valence-electron chi connectivity index (χ1n) is 10.6. The minimum absolute atomic E-state index is 0.0548. The molecule has 3 unspecified atom stereocenters. The van der Waals surface area contributed by atoms with Crippen LogP contribution in [0.25, 0.3) is 0 Å². The Kier molecular flexibility index (Phi) is 9.42. The minimum Gasteiger partial charge on any atom is -0.469 e. The Labute approximate surface area is 220 Å². The number of hydrogen-bond donors (Lipinski definition) is 0. The van der Waals surface area contributed by atoms with Crippen LogP contribution in [0.15, 0.2) is 69.7 Å². The van der Waals surface area contributed by atoms with Crippen molar-refractivity contribution >= 4 is 57.6 Å². The monoisotopic (exact) mass is 551 g/mol. The summed E-state index contributed by atoms with van der Waals surface area (Å²) in [5.41, 5.74) is 0.323. The molecule has 0 bridgehead atoms. The Morgan fingerprint density at radius 3 is 2.11 bits per heavy atom. The van der Waals surface area contributed by atoms with Crippen LogP contribution < -0.4 is 0 Å². The smallest absolute Gasteiger partial charge is 0.336 e. The number of benzene rings is 2. The zero-order chi connectivity index (χ0) is 26.4. The first-order chi connectivity index (χ1) is 17.2. The number of carbonyl (C=O) groups is 3. The summed E-state index contributed by atoms with van der Waals surface area (Å²) in [6, 6.07) is 13.3. The van der Waals surface area contributed by atoms with Gasteiger partial charge in [0.25, 0.3) is 0 Å². The van der Waals surface area contributed by atoms with Crippen molar-refractivity contribution in [3.63, 3.8) is 0 Å². The topological polar surface area (TPSA) is 108 Å². The fourth-order valence-corrected chi connectivity index (χ4v) is 5.70. The van der Waals surface area contributed by atoms with Gasteiger partial charge in [-0.2, -0.15) is 0 Å². The number of rotatable bonds is 8. The summed E-state index contributed by atoms with van der Waals surface area (Å²) in [6.45, 7) is 0. The zero-order valence-corrected chi connectivity index (χ0v) is 22.0. The van der Waals surface area contributed by atoms with Crippen LogP contribution in [0.5, 0.6) is 0 Å². The summed E-state index contributed by atoms with van der Waals surface area (Å²) in [4.78, 5) is 43.5. The average Bonchev–Trinajstić information content (AvgIpc) is 2.88. The van der Waals surface area contributed by atoms with Crippen LogP contribution in [0.3, 0.4) is 0 Å². The standard InChI is InChI=1S/C25H23Cl2NO7S/c1-33-19(29)12-17-21(24(30)34-2)23(20-15(26)10-7-11-16(20)27)22(25(31)35-3)18(28-17)13-36(32)14-8-5-4-6-9-14/h4-11,21,23H,12-13H2,1-3H3. The predicted molar refractivity (Wildman–Crippen MR) is 136 cm³/mol. The SMILES string of the molecule is COC(=O)CC1=NC(CS(=O)c2ccccc2)=C(C(=O)OC)C(c2c(Cl)cccc2Cl)C1C(=O)OC. The number of carbonyl (C=O) groups excluding carboxylic acids is 3. The van der Waals surface area contributed by atoms with Gasteiger partial charge in [0.1, 0.15) is 5.92 Å². The lowest BCUT2D eigenvalue weighted by molar-refractivity contribution is -0.143. The van der Waals surface area contributed by atoms with Crippen molar-refractivity contribution < 1.29 is 32.8 Å². The molecular formula is C25H23Cl2NO7S. The van der Waals surface area contributed by atoms with E-state index in [1.165, 1.54) is 21.3 Å². The van der Waals surface area contributed by atoms with Crippen molar-refractivity contribution in [2.24, 2.45) is 10.9 Å². The normalized spacial score (nSPS) is 18.2. The molecule has 0 amide bonds. The van der Waals surface area contributed by atoms with Crippen molar-refractivity contribution in [1.29, 1.82) is 0 Å². The van der Waals surface area contributed by atoms with Gasteiger partial charge in [0.05, 0.1) is 55.6 Å². The highest BCUT2D eigenvalue weighted by atomic mass is 35.5. The molecule has 1 aliphatic rings. The maximum atomic E-state index is 13.2. The molecule has 0 N–H and O–H groups in total. The molecule has 0 aliphatic carbocycles. The van der Waals surface area contributed by atoms with Crippen molar-refractivity contribution in [1.82, 2.24) is 0 Å². The maximum Gasteiger partial charge on any atom is 0.336 e. The summed E-state index contributed by atoms with van der Waals surface area (Å²) in [6.07, 6.45) is -0.384. The number of nitrogens with zero attached hydrogens (tertiary/aromatic N) is 1. The van der Waals surface area contributed by atoms with E-state index in [-0.39, 0.29) is 44.8 Å². The maximum absolute atomic E-state index is 13.2. The molecule has 190 valence electrons. The van der Waals surface area contributed by atoms with Gasteiger partial charge in [0, 0.05) is 26.6 Å². The van der Waals surface area contributed by atoms with E-state index in [1.54, 1.807) is 48.5 Å². The van der Waals surface area contributed by atoms with E-state index in [2.05, 4.69) is 4.99 Å². The Bertz CT molecular complexity index is 1240. The first-order valence-corrected chi connectivity index (χ1v) is 12.7. The van der Waals surface area contributed by atoms with E-state index in [0.29, 0.717) is 4.90 Å². The van der Waals surface area contributed by atoms with Gasteiger partial charge in [-0.25, -0.2) is 4.79 Å². The molecule has 8 nitrogen and oxygen atoms in total. The predicted octanol–water partition coefficient (Wildman–Crippen LogP) is 4.12. The third kappa shape index (κ3) is 5.86. The highest BCUT2D eigenvalue weighted by molar-refractivity contribution is 7.85. The quantitative estimate of drug-likeness (QED) is 0.358. The van der Waals surface area contributed by atoms with Gasteiger partial charge in [-0.05, 0) is 29.8 Å².